The Morgan fingerprint density at radius 2 is 1.86 bits per heavy atom. The van der Waals surface area contributed by atoms with Gasteiger partial charge in [-0.1, -0.05) is 11.6 Å². The van der Waals surface area contributed by atoms with Crippen LogP contribution in [-0.4, -0.2) is 92.7 Å². The normalized spacial score (nSPS) is 42.7. The predicted octanol–water partition coefficient (Wildman–Crippen LogP) is 4.59. The Morgan fingerprint density at radius 3 is 2.65 bits per heavy atom. The fraction of sp³-hybridized carbons (Fsp3) is 0.610. The van der Waals surface area contributed by atoms with Gasteiger partial charge in [0.05, 0.1) is 25.0 Å². The summed E-state index contributed by atoms with van der Waals surface area (Å²) < 4.78 is 18.8. The molecule has 10 heteroatoms. The zero-order chi connectivity index (χ0) is 35.0. The van der Waals surface area contributed by atoms with E-state index in [1.165, 1.54) is 22.4 Å². The van der Waals surface area contributed by atoms with Gasteiger partial charge in [0, 0.05) is 84.7 Å². The van der Waals surface area contributed by atoms with E-state index in [4.69, 9.17) is 13.9 Å². The van der Waals surface area contributed by atoms with E-state index in [0.717, 1.165) is 85.8 Å². The molecule has 11 atom stereocenters. The van der Waals surface area contributed by atoms with E-state index >= 15 is 0 Å². The third-order valence-corrected chi connectivity index (χ3v) is 16.2. The van der Waals surface area contributed by atoms with Crippen LogP contribution in [0.1, 0.15) is 63.5 Å². The maximum absolute atomic E-state index is 14.1. The lowest BCUT2D eigenvalue weighted by Crippen LogP contribution is -2.66. The average molecular weight is 693 g/mol. The van der Waals surface area contributed by atoms with E-state index in [9.17, 15) is 14.7 Å². The van der Waals surface area contributed by atoms with Gasteiger partial charge in [0.2, 0.25) is 0 Å². The first-order valence-electron chi connectivity index (χ1n) is 19.2. The predicted molar refractivity (Wildman–Crippen MR) is 193 cm³/mol. The largest absolute Gasteiger partial charge is 0.469 e. The Kier molecular flexibility index (Phi) is 5.88. The van der Waals surface area contributed by atoms with Gasteiger partial charge in [-0.3, -0.25) is 14.5 Å². The van der Waals surface area contributed by atoms with Crippen LogP contribution in [0.25, 0.3) is 21.9 Å². The van der Waals surface area contributed by atoms with E-state index in [-0.39, 0.29) is 47.3 Å². The highest BCUT2D eigenvalue weighted by Gasteiger charge is 2.76. The zero-order valence-corrected chi connectivity index (χ0v) is 30.3. The zero-order valence-electron chi connectivity index (χ0n) is 30.3. The van der Waals surface area contributed by atoms with Gasteiger partial charge in [-0.15, -0.1) is 0 Å². The minimum atomic E-state index is -0.905. The van der Waals surface area contributed by atoms with Crippen LogP contribution in [0.4, 0.5) is 11.4 Å². The van der Waals surface area contributed by atoms with E-state index < -0.39 is 22.5 Å². The van der Waals surface area contributed by atoms with Crippen molar-refractivity contribution in [2.75, 3.05) is 57.2 Å². The lowest BCUT2D eigenvalue weighted by atomic mass is 9.53. The number of aliphatic hydroxyl groups is 1. The smallest absolute Gasteiger partial charge is 0.311 e. The number of furan rings is 1. The molecule has 1 aromatic heterocycles. The molecule has 2 aliphatic carbocycles. The molecule has 0 amide bonds. The molecule has 2 N–H and O–H groups in total. The van der Waals surface area contributed by atoms with Crippen LogP contribution in [0, 0.1) is 23.7 Å². The first-order valence-corrected chi connectivity index (χ1v) is 19.2. The van der Waals surface area contributed by atoms with Crippen LogP contribution in [0.2, 0.25) is 0 Å². The summed E-state index contributed by atoms with van der Waals surface area (Å²) in [6, 6.07) is 9.29. The topological polar surface area (TPSA) is 108 Å². The average Bonchev–Trinajstić information content (AvgIpc) is 3.82. The molecule has 3 aromatic rings. The minimum absolute atomic E-state index is 0.0560. The molecule has 12 rings (SSSR count). The standard InChI is InChI=1S/C41H48N4O6/c1-6-22-19-45-14-12-39-28-17-31-25(16-30(28)44(4)41(39,45)10-9-23(22)34(39)36(47)49-5)24-15-27-29(18-32(24)50-31)43(3)33-8-7-26-35-37(48)51-40(26,21(2)46)20-42-13-11-38(27,33)35/h6,15-18,21,23,26,33-35,42,46H,7-14,19-20H2,1-5H3/t21-,23-,26+,33-,34-,35+,38-,39-,40-,41-/m0/s1. The summed E-state index contributed by atoms with van der Waals surface area (Å²) in [5.41, 5.74) is 5.70. The number of hydrogen-bond donors (Lipinski definition) is 2. The molecule has 8 bridgehead atoms. The second kappa shape index (κ2) is 9.68. The second-order valence-corrected chi connectivity index (χ2v) is 17.2. The molecule has 8 heterocycles. The van der Waals surface area contributed by atoms with Crippen LogP contribution in [0.3, 0.4) is 0 Å². The van der Waals surface area contributed by atoms with E-state index in [1.807, 2.05) is 0 Å². The highest BCUT2D eigenvalue weighted by atomic mass is 16.6. The van der Waals surface area contributed by atoms with Crippen molar-refractivity contribution >= 4 is 45.3 Å². The quantitative estimate of drug-likeness (QED) is 0.293. The first-order chi connectivity index (χ1) is 24.6. The number of carbonyl (C=O) groups excluding carboxylic acids is 2. The number of nitrogens with one attached hydrogen (secondary N) is 1. The van der Waals surface area contributed by atoms with Crippen LogP contribution in [0.5, 0.6) is 0 Å². The first kappa shape index (κ1) is 31.0. The molecule has 2 aromatic carbocycles. The highest BCUT2D eigenvalue weighted by molar-refractivity contribution is 6.09. The van der Waals surface area contributed by atoms with Crippen molar-refractivity contribution in [3.63, 3.8) is 0 Å². The molecule has 7 fully saturated rings. The van der Waals surface area contributed by atoms with Crippen molar-refractivity contribution in [3.8, 4) is 0 Å². The minimum Gasteiger partial charge on any atom is -0.469 e. The SMILES string of the molecule is CC=C1CN2CC[C@@]34c5cc6oc7cc8c(cc7c6cc5N(C)[C@@]23CC[C@@H]1[C@H]4C(=O)OC)[C@]12CCNC[C@@]3([C@H](C)O)OC(=O)[C@H]1[C@H]3CC[C@@H]2N8C. The molecule has 268 valence electrons. The fourth-order valence-electron chi connectivity index (χ4n) is 14.3. The summed E-state index contributed by atoms with van der Waals surface area (Å²) >= 11 is 0. The molecule has 1 unspecified atom stereocenters. The number of carbonyl (C=O) groups is 2. The Bertz CT molecular complexity index is 2120. The summed E-state index contributed by atoms with van der Waals surface area (Å²) in [7, 11) is 5.95. The maximum atomic E-state index is 14.1. The summed E-state index contributed by atoms with van der Waals surface area (Å²) in [5, 5.41) is 16.8. The lowest BCUT2D eigenvalue weighted by molar-refractivity contribution is -0.160. The number of benzene rings is 2. The number of nitrogens with zero attached hydrogens (tertiary/aromatic N) is 3. The van der Waals surface area contributed by atoms with Gasteiger partial charge in [0.1, 0.15) is 16.8 Å². The van der Waals surface area contributed by atoms with Gasteiger partial charge < -0.3 is 34.1 Å². The van der Waals surface area contributed by atoms with E-state index in [1.54, 1.807) is 14.0 Å². The Morgan fingerprint density at radius 1 is 1.06 bits per heavy atom. The van der Waals surface area contributed by atoms with Gasteiger partial charge in [0.25, 0.3) is 0 Å². The van der Waals surface area contributed by atoms with Crippen LogP contribution in [-0.2, 0) is 29.9 Å². The molecule has 2 spiro atoms. The number of esters is 2. The molecular formula is C41H48N4O6. The van der Waals surface area contributed by atoms with E-state index in [0.29, 0.717) is 6.54 Å². The van der Waals surface area contributed by atoms with Gasteiger partial charge in [-0.25, -0.2) is 0 Å². The molecule has 5 saturated heterocycles. The number of ether oxygens (including phenoxy) is 2. The number of anilines is 2. The molecule has 9 aliphatic rings. The summed E-state index contributed by atoms with van der Waals surface area (Å²) in [6.45, 7) is 6.96. The Labute approximate surface area is 298 Å². The fourth-order valence-corrected chi connectivity index (χ4v) is 14.3. The van der Waals surface area contributed by atoms with Crippen molar-refractivity contribution < 1.29 is 28.6 Å². The third kappa shape index (κ3) is 3.15. The number of hydrogen-bond acceptors (Lipinski definition) is 10. The lowest BCUT2D eigenvalue weighted by Gasteiger charge is -2.54. The number of aliphatic hydroxyl groups excluding tert-OH is 1. The number of allylic oxidation sites excluding steroid dienone is 1. The summed E-state index contributed by atoms with van der Waals surface area (Å²) in [4.78, 5) is 35.6. The summed E-state index contributed by atoms with van der Waals surface area (Å²) in [5.74, 6) is -0.739. The molecule has 2 saturated carbocycles. The number of rotatable bonds is 2. The highest BCUT2D eigenvalue weighted by Crippen LogP contribution is 2.70. The van der Waals surface area contributed by atoms with Crippen LogP contribution in [0.15, 0.2) is 40.3 Å². The maximum Gasteiger partial charge on any atom is 0.311 e. The number of fused-ring (bicyclic) bond motifs is 7. The monoisotopic (exact) mass is 692 g/mol. The van der Waals surface area contributed by atoms with Crippen molar-refractivity contribution in [1.29, 1.82) is 0 Å². The van der Waals surface area contributed by atoms with Gasteiger partial charge in [0.15, 0.2) is 5.60 Å². The van der Waals surface area contributed by atoms with Crippen molar-refractivity contribution in [1.82, 2.24) is 10.2 Å². The van der Waals surface area contributed by atoms with Crippen molar-refractivity contribution in [3.05, 3.63) is 47.0 Å². The van der Waals surface area contributed by atoms with Crippen molar-refractivity contribution in [2.24, 2.45) is 23.7 Å². The summed E-state index contributed by atoms with van der Waals surface area (Å²) in [6.07, 6.45) is 6.97. The molecule has 10 nitrogen and oxygen atoms in total. The third-order valence-electron chi connectivity index (χ3n) is 16.2. The molecule has 0 radical (unpaired) electrons. The second-order valence-electron chi connectivity index (χ2n) is 17.2. The molecule has 51 heavy (non-hydrogen) atoms. The molecule has 7 aliphatic heterocycles. The van der Waals surface area contributed by atoms with Crippen LogP contribution < -0.4 is 15.1 Å². The van der Waals surface area contributed by atoms with Crippen molar-refractivity contribution in [2.45, 2.75) is 86.6 Å². The Hall–Kier alpha value is -3.60. The van der Waals surface area contributed by atoms with E-state index in [2.05, 4.69) is 71.4 Å². The number of methoxy groups -OCH3 is 1. The van der Waals surface area contributed by atoms with Crippen LogP contribution >= 0.6 is 0 Å². The Balaban J connectivity index is 1.12. The molecular weight excluding hydrogens is 644 g/mol. The van der Waals surface area contributed by atoms with Gasteiger partial charge in [-0.05, 0) is 94.2 Å². The number of likely N-dealkylation sites (N-methyl/N-ethyl adjacent to an activating group) is 2. The van der Waals surface area contributed by atoms with Gasteiger partial charge in [-0.2, -0.15) is 0 Å². The van der Waals surface area contributed by atoms with Gasteiger partial charge >= 0.3 is 11.9 Å².